The van der Waals surface area contributed by atoms with Crippen LogP contribution in [0.3, 0.4) is 0 Å². The number of ether oxygens (including phenoxy) is 2. The van der Waals surface area contributed by atoms with Crippen LogP contribution in [0.4, 0.5) is 0 Å². The van der Waals surface area contributed by atoms with Gasteiger partial charge in [-0.05, 0) is 56.3 Å². The van der Waals surface area contributed by atoms with Gasteiger partial charge in [-0.25, -0.2) is 13.1 Å². The Bertz CT molecular complexity index is 1150. The maximum absolute atomic E-state index is 12.4. The van der Waals surface area contributed by atoms with Gasteiger partial charge < -0.3 is 19.3 Å². The van der Waals surface area contributed by atoms with E-state index in [1.54, 1.807) is 36.4 Å². The Morgan fingerprint density at radius 2 is 1.81 bits per heavy atom. The number of aryl methyl sites for hydroxylation is 2. The summed E-state index contributed by atoms with van der Waals surface area (Å²) in [6.07, 6.45) is 0. The normalized spacial score (nSPS) is 11.2. The number of amides is 1. The summed E-state index contributed by atoms with van der Waals surface area (Å²) in [4.78, 5) is 12.5. The van der Waals surface area contributed by atoms with Gasteiger partial charge in [0.1, 0.15) is 23.9 Å². The summed E-state index contributed by atoms with van der Waals surface area (Å²) in [6, 6.07) is 12.8. The summed E-state index contributed by atoms with van der Waals surface area (Å²) in [5, 5.41) is 6.58. The van der Waals surface area contributed by atoms with Crippen molar-refractivity contribution in [3.8, 4) is 11.5 Å². The number of methoxy groups -OCH3 is 1. The molecule has 0 saturated carbocycles. The van der Waals surface area contributed by atoms with Crippen LogP contribution < -0.4 is 19.5 Å². The second-order valence-corrected chi connectivity index (χ2v) is 8.72. The van der Waals surface area contributed by atoms with Crippen LogP contribution >= 0.6 is 0 Å². The Balaban J connectivity index is 1.50. The van der Waals surface area contributed by atoms with Crippen LogP contribution in [0.5, 0.6) is 11.5 Å². The lowest BCUT2D eigenvalue weighted by Crippen LogP contribution is -2.34. The van der Waals surface area contributed by atoms with Crippen molar-refractivity contribution in [3.63, 3.8) is 0 Å². The molecule has 0 aliphatic carbocycles. The van der Waals surface area contributed by atoms with E-state index in [1.807, 2.05) is 13.8 Å². The Hall–Kier alpha value is -3.37. The molecule has 10 heteroatoms. The first-order valence-corrected chi connectivity index (χ1v) is 11.3. The molecule has 0 fully saturated rings. The van der Waals surface area contributed by atoms with Crippen LogP contribution in [0, 0.1) is 13.8 Å². The van der Waals surface area contributed by atoms with Crippen LogP contribution in [0.2, 0.25) is 0 Å². The summed E-state index contributed by atoms with van der Waals surface area (Å²) >= 11 is 0. The number of hydrogen-bond donors (Lipinski definition) is 2. The number of nitrogens with one attached hydrogen (secondary N) is 2. The SMILES string of the molecule is COc1ccc(S(=O)(=O)NCCNC(=O)c2cccc(OCc3c(C)noc3C)c2)cc1. The molecule has 2 aromatic carbocycles. The minimum Gasteiger partial charge on any atom is -0.497 e. The molecule has 3 aromatic rings. The van der Waals surface area contributed by atoms with Crippen molar-refractivity contribution >= 4 is 15.9 Å². The molecule has 0 saturated heterocycles. The molecule has 170 valence electrons. The molecule has 1 aromatic heterocycles. The maximum Gasteiger partial charge on any atom is 0.251 e. The van der Waals surface area contributed by atoms with E-state index >= 15 is 0 Å². The van der Waals surface area contributed by atoms with E-state index in [1.165, 1.54) is 19.2 Å². The Morgan fingerprint density at radius 3 is 2.47 bits per heavy atom. The molecule has 0 spiro atoms. The number of nitrogens with zero attached hydrogens (tertiary/aromatic N) is 1. The zero-order valence-corrected chi connectivity index (χ0v) is 18.9. The predicted molar refractivity (Wildman–Crippen MR) is 117 cm³/mol. The highest BCUT2D eigenvalue weighted by Crippen LogP contribution is 2.19. The highest BCUT2D eigenvalue weighted by atomic mass is 32.2. The fourth-order valence-electron chi connectivity index (χ4n) is 2.89. The van der Waals surface area contributed by atoms with Crippen LogP contribution in [0.1, 0.15) is 27.4 Å². The number of sulfonamides is 1. The van der Waals surface area contributed by atoms with Gasteiger partial charge in [0.25, 0.3) is 5.91 Å². The molecular weight excluding hydrogens is 434 g/mol. The van der Waals surface area contributed by atoms with Gasteiger partial charge in [-0.2, -0.15) is 0 Å². The average Bonchev–Trinajstić information content (AvgIpc) is 3.12. The molecule has 0 bridgehead atoms. The van der Waals surface area contributed by atoms with Gasteiger partial charge >= 0.3 is 0 Å². The number of carbonyl (C=O) groups is 1. The van der Waals surface area contributed by atoms with E-state index in [4.69, 9.17) is 14.0 Å². The molecule has 0 radical (unpaired) electrons. The van der Waals surface area contributed by atoms with Crippen molar-refractivity contribution in [2.75, 3.05) is 20.2 Å². The van der Waals surface area contributed by atoms with E-state index < -0.39 is 10.0 Å². The highest BCUT2D eigenvalue weighted by Gasteiger charge is 2.14. The fraction of sp³-hybridized carbons (Fsp3) is 0.273. The smallest absolute Gasteiger partial charge is 0.251 e. The minimum atomic E-state index is -3.68. The highest BCUT2D eigenvalue weighted by molar-refractivity contribution is 7.89. The van der Waals surface area contributed by atoms with Crippen molar-refractivity contribution in [1.82, 2.24) is 15.2 Å². The lowest BCUT2D eigenvalue weighted by atomic mass is 10.2. The van der Waals surface area contributed by atoms with Gasteiger partial charge in [-0.1, -0.05) is 11.2 Å². The summed E-state index contributed by atoms with van der Waals surface area (Å²) in [7, 11) is -2.18. The molecule has 9 nitrogen and oxygen atoms in total. The van der Waals surface area contributed by atoms with Gasteiger partial charge in [0.05, 0.1) is 23.3 Å². The third-order valence-electron chi connectivity index (χ3n) is 4.73. The molecule has 0 atom stereocenters. The van der Waals surface area contributed by atoms with Crippen molar-refractivity contribution < 1.29 is 27.2 Å². The average molecular weight is 460 g/mol. The Kier molecular flexibility index (Phi) is 7.49. The second-order valence-electron chi connectivity index (χ2n) is 6.95. The van der Waals surface area contributed by atoms with Gasteiger partial charge in [-0.15, -0.1) is 0 Å². The lowest BCUT2D eigenvalue weighted by molar-refractivity contribution is 0.0954. The number of carbonyl (C=O) groups excluding carboxylic acids is 1. The molecule has 0 unspecified atom stereocenters. The first-order valence-electron chi connectivity index (χ1n) is 9.86. The van der Waals surface area contributed by atoms with E-state index in [0.29, 0.717) is 22.8 Å². The minimum absolute atomic E-state index is 0.0440. The Labute approximate surface area is 186 Å². The number of rotatable bonds is 10. The molecular formula is C22H25N3O6S. The standard InChI is InChI=1S/C22H25N3O6S/c1-15-21(16(2)31-25-15)14-30-19-6-4-5-17(13-19)22(26)23-11-12-24-32(27,28)20-9-7-18(29-3)8-10-20/h4-10,13,24H,11-12,14H2,1-3H3,(H,23,26). The van der Waals surface area contributed by atoms with E-state index in [-0.39, 0.29) is 30.5 Å². The van der Waals surface area contributed by atoms with Crippen molar-refractivity contribution in [1.29, 1.82) is 0 Å². The number of hydrogen-bond acceptors (Lipinski definition) is 7. The lowest BCUT2D eigenvalue weighted by Gasteiger charge is -2.10. The monoisotopic (exact) mass is 459 g/mol. The van der Waals surface area contributed by atoms with E-state index in [9.17, 15) is 13.2 Å². The predicted octanol–water partition coefficient (Wildman–Crippen LogP) is 2.59. The number of aromatic nitrogens is 1. The summed E-state index contributed by atoms with van der Waals surface area (Å²) in [6.45, 7) is 4.09. The largest absolute Gasteiger partial charge is 0.497 e. The van der Waals surface area contributed by atoms with Gasteiger partial charge in [0, 0.05) is 18.7 Å². The maximum atomic E-state index is 12.4. The molecule has 0 aliphatic rings. The van der Waals surface area contributed by atoms with E-state index in [0.717, 1.165) is 11.3 Å². The summed E-state index contributed by atoms with van der Waals surface area (Å²) < 4.78 is 43.0. The van der Waals surface area contributed by atoms with Crippen molar-refractivity contribution in [2.45, 2.75) is 25.3 Å². The van der Waals surface area contributed by atoms with Crippen molar-refractivity contribution in [2.24, 2.45) is 0 Å². The fourth-order valence-corrected chi connectivity index (χ4v) is 3.92. The van der Waals surface area contributed by atoms with Gasteiger partial charge in [0.2, 0.25) is 10.0 Å². The first kappa shape index (κ1) is 23.3. The van der Waals surface area contributed by atoms with Crippen LogP contribution in [-0.4, -0.2) is 39.7 Å². The second kappa shape index (κ2) is 10.3. The molecule has 1 heterocycles. The third kappa shape index (κ3) is 5.86. The van der Waals surface area contributed by atoms with Gasteiger partial charge in [-0.3, -0.25) is 4.79 Å². The summed E-state index contributed by atoms with van der Waals surface area (Å²) in [5.74, 6) is 1.44. The molecule has 1 amide bonds. The van der Waals surface area contributed by atoms with Crippen molar-refractivity contribution in [3.05, 3.63) is 71.1 Å². The zero-order valence-electron chi connectivity index (χ0n) is 18.0. The van der Waals surface area contributed by atoms with Crippen LogP contribution in [0.15, 0.2) is 57.9 Å². The molecule has 0 aliphatic heterocycles. The zero-order chi connectivity index (χ0) is 23.1. The third-order valence-corrected chi connectivity index (χ3v) is 6.21. The van der Waals surface area contributed by atoms with Crippen LogP contribution in [0.25, 0.3) is 0 Å². The quantitative estimate of drug-likeness (QED) is 0.447. The Morgan fingerprint density at radius 1 is 1.06 bits per heavy atom. The molecule has 3 rings (SSSR count). The molecule has 32 heavy (non-hydrogen) atoms. The topological polar surface area (TPSA) is 120 Å². The first-order chi connectivity index (χ1) is 15.3. The molecule has 2 N–H and O–H groups in total. The number of benzene rings is 2. The van der Waals surface area contributed by atoms with E-state index in [2.05, 4.69) is 15.2 Å². The van der Waals surface area contributed by atoms with Gasteiger partial charge in [0.15, 0.2) is 0 Å². The van der Waals surface area contributed by atoms with Crippen LogP contribution in [-0.2, 0) is 16.6 Å². The summed E-state index contributed by atoms with van der Waals surface area (Å²) in [5.41, 5.74) is 2.02.